The van der Waals surface area contributed by atoms with Gasteiger partial charge < -0.3 is 9.84 Å². The maximum atomic E-state index is 10.7. The van der Waals surface area contributed by atoms with Crippen molar-refractivity contribution in [3.63, 3.8) is 0 Å². The summed E-state index contributed by atoms with van der Waals surface area (Å²) >= 11 is 7.08. The molecule has 0 aliphatic carbocycles. The molecule has 2 rings (SSSR count). The summed E-state index contributed by atoms with van der Waals surface area (Å²) in [6, 6.07) is 8.56. The molecule has 0 saturated carbocycles. The predicted molar refractivity (Wildman–Crippen MR) is 67.5 cm³/mol. The number of rotatable bonds is 3. The quantitative estimate of drug-likeness (QED) is 0.907. The second kappa shape index (κ2) is 4.77. The molecular formula is C12H9ClO3S. The first-order chi connectivity index (χ1) is 8.06. The van der Waals surface area contributed by atoms with Gasteiger partial charge in [-0.15, -0.1) is 0 Å². The number of aromatic carboxylic acids is 1. The topological polar surface area (TPSA) is 46.5 Å². The molecule has 0 atom stereocenters. The summed E-state index contributed by atoms with van der Waals surface area (Å²) in [6.45, 7) is 1.93. The minimum atomic E-state index is -0.958. The fourth-order valence-electron chi connectivity index (χ4n) is 1.29. The molecule has 5 heteroatoms. The smallest absolute Gasteiger partial charge is 0.345 e. The molecule has 0 bridgehead atoms. The lowest BCUT2D eigenvalue weighted by Crippen LogP contribution is -1.89. The van der Waals surface area contributed by atoms with Crippen LogP contribution in [-0.4, -0.2) is 11.1 Å². The molecule has 0 unspecified atom stereocenters. The van der Waals surface area contributed by atoms with Crippen molar-refractivity contribution in [2.45, 2.75) is 6.92 Å². The van der Waals surface area contributed by atoms with Gasteiger partial charge in [0, 0.05) is 0 Å². The number of thiophene rings is 1. The molecule has 0 aliphatic rings. The van der Waals surface area contributed by atoms with Crippen molar-refractivity contribution in [1.29, 1.82) is 0 Å². The zero-order valence-electron chi connectivity index (χ0n) is 8.94. The van der Waals surface area contributed by atoms with E-state index in [4.69, 9.17) is 21.4 Å². The van der Waals surface area contributed by atoms with Gasteiger partial charge in [-0.2, -0.15) is 0 Å². The van der Waals surface area contributed by atoms with E-state index in [2.05, 4.69) is 0 Å². The Morgan fingerprint density at radius 1 is 1.35 bits per heavy atom. The third kappa shape index (κ3) is 2.78. The minimum Gasteiger partial charge on any atom is -0.477 e. The van der Waals surface area contributed by atoms with E-state index in [0.29, 0.717) is 15.8 Å². The molecule has 0 aliphatic heterocycles. The molecule has 1 heterocycles. The van der Waals surface area contributed by atoms with Crippen molar-refractivity contribution in [2.75, 3.05) is 0 Å². The second-order valence-electron chi connectivity index (χ2n) is 3.46. The number of aryl methyl sites for hydroxylation is 1. The van der Waals surface area contributed by atoms with Crippen LogP contribution in [0.25, 0.3) is 0 Å². The number of benzene rings is 1. The van der Waals surface area contributed by atoms with E-state index in [9.17, 15) is 4.79 Å². The van der Waals surface area contributed by atoms with E-state index in [0.717, 1.165) is 16.9 Å². The highest BCUT2D eigenvalue weighted by Gasteiger charge is 2.09. The summed E-state index contributed by atoms with van der Waals surface area (Å²) < 4.78 is 5.52. The molecule has 17 heavy (non-hydrogen) atoms. The van der Waals surface area contributed by atoms with E-state index in [1.54, 1.807) is 18.2 Å². The first-order valence-corrected chi connectivity index (χ1v) is 6.03. The Balaban J connectivity index is 2.22. The first-order valence-electron chi connectivity index (χ1n) is 4.83. The molecule has 3 nitrogen and oxygen atoms in total. The second-order valence-corrected chi connectivity index (χ2v) is 4.91. The highest BCUT2D eigenvalue weighted by molar-refractivity contribution is 7.15. The fourth-order valence-corrected chi connectivity index (χ4v) is 2.27. The molecular weight excluding hydrogens is 260 g/mol. The Kier molecular flexibility index (Phi) is 3.36. The van der Waals surface area contributed by atoms with Crippen molar-refractivity contribution in [2.24, 2.45) is 0 Å². The third-order valence-electron chi connectivity index (χ3n) is 2.09. The van der Waals surface area contributed by atoms with Crippen molar-refractivity contribution in [1.82, 2.24) is 0 Å². The van der Waals surface area contributed by atoms with Gasteiger partial charge in [-0.05, 0) is 36.8 Å². The highest BCUT2D eigenvalue weighted by atomic mass is 35.5. The summed E-state index contributed by atoms with van der Waals surface area (Å²) in [6.07, 6.45) is 0. The van der Waals surface area contributed by atoms with Crippen LogP contribution in [0.2, 0.25) is 5.02 Å². The van der Waals surface area contributed by atoms with Crippen LogP contribution in [0.3, 0.4) is 0 Å². The van der Waals surface area contributed by atoms with Gasteiger partial charge in [-0.25, -0.2) is 4.79 Å². The Labute approximate surface area is 107 Å². The summed E-state index contributed by atoms with van der Waals surface area (Å²) in [5, 5.41) is 9.80. The summed E-state index contributed by atoms with van der Waals surface area (Å²) in [5.41, 5.74) is 1.04. The maximum absolute atomic E-state index is 10.7. The molecule has 0 amide bonds. The summed E-state index contributed by atoms with van der Waals surface area (Å²) in [7, 11) is 0. The predicted octanol–water partition coefficient (Wildman–Crippen LogP) is 4.20. The number of hydrogen-bond donors (Lipinski definition) is 1. The molecule has 0 spiro atoms. The van der Waals surface area contributed by atoms with Crippen LogP contribution in [0.5, 0.6) is 10.8 Å². The number of carboxylic acid groups (broad SMARTS) is 1. The molecule has 0 radical (unpaired) electrons. The zero-order chi connectivity index (χ0) is 12.4. The van der Waals surface area contributed by atoms with Crippen LogP contribution < -0.4 is 4.74 Å². The van der Waals surface area contributed by atoms with Gasteiger partial charge in [-0.1, -0.05) is 29.0 Å². The molecule has 1 aromatic carbocycles. The Morgan fingerprint density at radius 3 is 2.71 bits per heavy atom. The standard InChI is InChI=1S/C12H9ClO3S/c1-7-2-3-9(8(13)6-7)16-11-5-4-10(17-11)12(14)15/h2-6H,1H3,(H,14,15). The van der Waals surface area contributed by atoms with Crippen LogP contribution >= 0.6 is 22.9 Å². The third-order valence-corrected chi connectivity index (χ3v) is 3.34. The number of halogens is 1. The van der Waals surface area contributed by atoms with E-state index in [-0.39, 0.29) is 4.88 Å². The SMILES string of the molecule is Cc1ccc(Oc2ccc(C(=O)O)s2)c(Cl)c1. The van der Waals surface area contributed by atoms with Gasteiger partial charge in [0.1, 0.15) is 10.6 Å². The summed E-state index contributed by atoms with van der Waals surface area (Å²) in [5.74, 6) is -0.434. The Bertz CT molecular complexity index is 563. The highest BCUT2D eigenvalue weighted by Crippen LogP contribution is 2.33. The van der Waals surface area contributed by atoms with E-state index in [1.165, 1.54) is 6.07 Å². The number of ether oxygens (including phenoxy) is 1. The fraction of sp³-hybridized carbons (Fsp3) is 0.0833. The van der Waals surface area contributed by atoms with E-state index < -0.39 is 5.97 Å². The zero-order valence-corrected chi connectivity index (χ0v) is 10.5. The van der Waals surface area contributed by atoms with Crippen LogP contribution in [0.15, 0.2) is 30.3 Å². The van der Waals surface area contributed by atoms with Gasteiger partial charge in [0.25, 0.3) is 0 Å². The van der Waals surface area contributed by atoms with Crippen LogP contribution in [0.4, 0.5) is 0 Å². The van der Waals surface area contributed by atoms with Crippen molar-refractivity contribution in [3.8, 4) is 10.8 Å². The van der Waals surface area contributed by atoms with Gasteiger partial charge in [0.2, 0.25) is 0 Å². The van der Waals surface area contributed by atoms with Gasteiger partial charge in [-0.3, -0.25) is 0 Å². The molecule has 1 N–H and O–H groups in total. The molecule has 0 fully saturated rings. The van der Waals surface area contributed by atoms with Crippen molar-refractivity contribution >= 4 is 28.9 Å². The van der Waals surface area contributed by atoms with E-state index in [1.807, 2.05) is 13.0 Å². The Hall–Kier alpha value is -1.52. The number of carboxylic acids is 1. The first kappa shape index (κ1) is 12.0. The van der Waals surface area contributed by atoms with Crippen molar-refractivity contribution < 1.29 is 14.6 Å². The lowest BCUT2D eigenvalue weighted by molar-refractivity contribution is 0.0702. The van der Waals surface area contributed by atoms with Gasteiger partial charge in [0.05, 0.1) is 5.02 Å². The minimum absolute atomic E-state index is 0.239. The lowest BCUT2D eigenvalue weighted by atomic mass is 10.2. The molecule has 0 saturated heterocycles. The number of carbonyl (C=O) groups is 1. The Morgan fingerprint density at radius 2 is 2.12 bits per heavy atom. The van der Waals surface area contributed by atoms with Gasteiger partial charge in [0.15, 0.2) is 5.06 Å². The lowest BCUT2D eigenvalue weighted by Gasteiger charge is -2.05. The van der Waals surface area contributed by atoms with Crippen LogP contribution in [-0.2, 0) is 0 Å². The van der Waals surface area contributed by atoms with Crippen molar-refractivity contribution in [3.05, 3.63) is 45.8 Å². The number of hydrogen-bond acceptors (Lipinski definition) is 3. The molecule has 88 valence electrons. The molecule has 1 aromatic heterocycles. The van der Waals surface area contributed by atoms with Crippen LogP contribution in [0, 0.1) is 6.92 Å². The average Bonchev–Trinajstić information content (AvgIpc) is 2.71. The van der Waals surface area contributed by atoms with Crippen LogP contribution in [0.1, 0.15) is 15.2 Å². The largest absolute Gasteiger partial charge is 0.477 e. The van der Waals surface area contributed by atoms with E-state index >= 15 is 0 Å². The van der Waals surface area contributed by atoms with Gasteiger partial charge >= 0.3 is 5.97 Å². The summed E-state index contributed by atoms with van der Waals surface area (Å²) in [4.78, 5) is 10.9. The maximum Gasteiger partial charge on any atom is 0.345 e. The normalized spacial score (nSPS) is 10.2. The molecule has 2 aromatic rings. The average molecular weight is 269 g/mol. The monoisotopic (exact) mass is 268 g/mol.